The lowest BCUT2D eigenvalue weighted by atomic mass is 10.1. The molecular weight excluding hydrogens is 230 g/mol. The third-order valence-corrected chi connectivity index (χ3v) is 3.27. The van der Waals surface area contributed by atoms with Crippen molar-refractivity contribution >= 4 is 22.9 Å². The van der Waals surface area contributed by atoms with Crippen LogP contribution in [-0.2, 0) is 0 Å². The fourth-order valence-electron chi connectivity index (χ4n) is 2.43. The summed E-state index contributed by atoms with van der Waals surface area (Å²) in [6, 6.07) is 0.393. The number of rotatable bonds is 2. The molecule has 18 heavy (non-hydrogen) atoms. The molecule has 2 aromatic rings. The highest BCUT2D eigenvalue weighted by Gasteiger charge is 2.19. The van der Waals surface area contributed by atoms with E-state index in [1.54, 1.807) is 6.33 Å². The number of hydrogen-bond donors (Lipinski definition) is 3. The minimum absolute atomic E-state index is 0.251. The Kier molecular flexibility index (Phi) is 2.75. The second-order valence-electron chi connectivity index (χ2n) is 4.78. The van der Waals surface area contributed by atoms with E-state index < -0.39 is 0 Å². The first kappa shape index (κ1) is 11.2. The van der Waals surface area contributed by atoms with Crippen molar-refractivity contribution in [1.29, 1.82) is 0 Å². The maximum absolute atomic E-state index is 5.69. The molecule has 1 atom stereocenters. The van der Waals surface area contributed by atoms with Crippen molar-refractivity contribution in [2.45, 2.75) is 18.9 Å². The van der Waals surface area contributed by atoms with Crippen molar-refractivity contribution in [2.24, 2.45) is 0 Å². The molecule has 1 saturated heterocycles. The molecule has 96 valence electrons. The van der Waals surface area contributed by atoms with E-state index in [9.17, 15) is 0 Å². The number of nitrogens with zero attached hydrogens (tertiary/aromatic N) is 4. The second kappa shape index (κ2) is 4.41. The van der Waals surface area contributed by atoms with Crippen LogP contribution in [0.3, 0.4) is 0 Å². The van der Waals surface area contributed by atoms with Gasteiger partial charge in [0.25, 0.3) is 0 Å². The van der Waals surface area contributed by atoms with Crippen molar-refractivity contribution < 1.29 is 0 Å². The van der Waals surface area contributed by atoms with Gasteiger partial charge in [-0.2, -0.15) is 9.97 Å². The summed E-state index contributed by atoms with van der Waals surface area (Å²) in [5, 5.41) is 3.44. The molecule has 3 heterocycles. The molecule has 0 amide bonds. The molecular formula is C11H17N7. The van der Waals surface area contributed by atoms with Crippen molar-refractivity contribution in [3.05, 3.63) is 6.33 Å². The predicted molar refractivity (Wildman–Crippen MR) is 70.2 cm³/mol. The van der Waals surface area contributed by atoms with Gasteiger partial charge in [0.2, 0.25) is 5.95 Å². The van der Waals surface area contributed by atoms with Gasteiger partial charge < -0.3 is 20.9 Å². The molecule has 7 nitrogen and oxygen atoms in total. The van der Waals surface area contributed by atoms with E-state index in [4.69, 9.17) is 5.73 Å². The highest BCUT2D eigenvalue weighted by molar-refractivity contribution is 5.83. The maximum Gasteiger partial charge on any atom is 0.224 e. The van der Waals surface area contributed by atoms with Crippen LogP contribution in [-0.4, -0.2) is 51.0 Å². The number of aromatic nitrogens is 4. The molecule has 1 aliphatic heterocycles. The van der Waals surface area contributed by atoms with Gasteiger partial charge in [0.1, 0.15) is 5.52 Å². The third-order valence-electron chi connectivity index (χ3n) is 3.27. The minimum Gasteiger partial charge on any atom is -0.368 e. The number of fused-ring (bicyclic) bond motifs is 1. The smallest absolute Gasteiger partial charge is 0.224 e. The molecule has 1 unspecified atom stereocenters. The lowest BCUT2D eigenvalue weighted by molar-refractivity contribution is 0.261. The number of hydrogen-bond acceptors (Lipinski definition) is 6. The van der Waals surface area contributed by atoms with E-state index in [1.807, 2.05) is 0 Å². The number of likely N-dealkylation sites (N-methyl/N-ethyl adjacent to an activating group) is 1. The first-order chi connectivity index (χ1) is 8.72. The molecule has 0 spiro atoms. The Morgan fingerprint density at radius 3 is 3.22 bits per heavy atom. The summed E-state index contributed by atoms with van der Waals surface area (Å²) < 4.78 is 0. The number of piperidine rings is 1. The number of anilines is 2. The number of likely N-dealkylation sites (tertiary alicyclic amines) is 1. The van der Waals surface area contributed by atoms with Gasteiger partial charge in [0.15, 0.2) is 11.5 Å². The van der Waals surface area contributed by atoms with Crippen LogP contribution in [0.2, 0.25) is 0 Å². The van der Waals surface area contributed by atoms with E-state index >= 15 is 0 Å². The van der Waals surface area contributed by atoms with Gasteiger partial charge in [-0.1, -0.05) is 0 Å². The van der Waals surface area contributed by atoms with E-state index in [0.717, 1.165) is 30.8 Å². The Labute approximate surface area is 105 Å². The van der Waals surface area contributed by atoms with E-state index in [1.165, 1.54) is 6.42 Å². The van der Waals surface area contributed by atoms with Crippen LogP contribution in [0.25, 0.3) is 11.2 Å². The van der Waals surface area contributed by atoms with Crippen LogP contribution in [0, 0.1) is 0 Å². The summed E-state index contributed by atoms with van der Waals surface area (Å²) in [7, 11) is 2.13. The Morgan fingerprint density at radius 1 is 1.50 bits per heavy atom. The molecule has 0 aliphatic carbocycles. The van der Waals surface area contributed by atoms with Crippen LogP contribution in [0.1, 0.15) is 12.8 Å². The summed E-state index contributed by atoms with van der Waals surface area (Å²) in [4.78, 5) is 17.8. The Balaban J connectivity index is 1.87. The van der Waals surface area contributed by atoms with Crippen molar-refractivity contribution in [1.82, 2.24) is 24.8 Å². The summed E-state index contributed by atoms with van der Waals surface area (Å²) in [6.45, 7) is 2.17. The first-order valence-corrected chi connectivity index (χ1v) is 6.14. The summed E-state index contributed by atoms with van der Waals surface area (Å²) >= 11 is 0. The number of nitrogens with one attached hydrogen (secondary N) is 2. The van der Waals surface area contributed by atoms with Gasteiger partial charge in [0, 0.05) is 12.6 Å². The fourth-order valence-corrected chi connectivity index (χ4v) is 2.43. The fraction of sp³-hybridized carbons (Fsp3) is 0.545. The number of H-pyrrole nitrogens is 1. The average Bonchev–Trinajstić information content (AvgIpc) is 2.77. The molecule has 3 rings (SSSR count). The monoisotopic (exact) mass is 247 g/mol. The number of imidazole rings is 1. The molecule has 1 aliphatic rings. The zero-order valence-corrected chi connectivity index (χ0v) is 10.3. The molecule has 1 fully saturated rings. The Morgan fingerprint density at radius 2 is 2.39 bits per heavy atom. The molecule has 0 saturated carbocycles. The van der Waals surface area contributed by atoms with Crippen molar-refractivity contribution in [3.8, 4) is 0 Å². The lowest BCUT2D eigenvalue weighted by Gasteiger charge is -2.30. The van der Waals surface area contributed by atoms with E-state index in [0.29, 0.717) is 11.7 Å². The van der Waals surface area contributed by atoms with Crippen LogP contribution < -0.4 is 11.1 Å². The van der Waals surface area contributed by atoms with Crippen LogP contribution in [0.5, 0.6) is 0 Å². The summed E-state index contributed by atoms with van der Waals surface area (Å²) in [5.74, 6) is 0.997. The molecule has 2 aromatic heterocycles. The second-order valence-corrected chi connectivity index (χ2v) is 4.78. The Hall–Kier alpha value is -1.89. The van der Waals surface area contributed by atoms with Gasteiger partial charge in [-0.25, -0.2) is 4.98 Å². The van der Waals surface area contributed by atoms with E-state index in [2.05, 4.69) is 37.2 Å². The zero-order valence-electron chi connectivity index (χ0n) is 10.3. The Bertz CT molecular complexity index is 549. The topological polar surface area (TPSA) is 95.8 Å². The van der Waals surface area contributed by atoms with Crippen LogP contribution in [0.4, 0.5) is 11.8 Å². The van der Waals surface area contributed by atoms with Crippen molar-refractivity contribution in [2.75, 3.05) is 31.2 Å². The van der Waals surface area contributed by atoms with Gasteiger partial charge in [-0.3, -0.25) is 0 Å². The van der Waals surface area contributed by atoms with E-state index in [-0.39, 0.29) is 5.95 Å². The highest BCUT2D eigenvalue weighted by atomic mass is 15.2. The van der Waals surface area contributed by atoms with Crippen molar-refractivity contribution in [3.63, 3.8) is 0 Å². The van der Waals surface area contributed by atoms with Crippen LogP contribution in [0.15, 0.2) is 6.33 Å². The number of nitrogens with two attached hydrogens (primary N) is 1. The zero-order chi connectivity index (χ0) is 12.5. The largest absolute Gasteiger partial charge is 0.368 e. The summed E-state index contributed by atoms with van der Waals surface area (Å²) in [6.07, 6.45) is 3.95. The van der Waals surface area contributed by atoms with Crippen LogP contribution >= 0.6 is 0 Å². The third kappa shape index (κ3) is 2.08. The van der Waals surface area contributed by atoms with Gasteiger partial charge in [-0.05, 0) is 26.4 Å². The number of aromatic amines is 1. The standard InChI is InChI=1S/C11H17N7/c1-18-4-2-3-7(5-18)15-10-8-9(14-6-13-8)16-11(12)17-10/h6-7H,2-5H2,1H3,(H4,12,13,14,15,16,17). The number of nitrogen functional groups attached to an aromatic ring is 1. The normalized spacial score (nSPS) is 21.3. The van der Waals surface area contributed by atoms with Gasteiger partial charge in [0.05, 0.1) is 6.33 Å². The quantitative estimate of drug-likeness (QED) is 0.712. The molecule has 0 bridgehead atoms. The molecule has 0 radical (unpaired) electrons. The average molecular weight is 247 g/mol. The van der Waals surface area contributed by atoms with Gasteiger partial charge >= 0.3 is 0 Å². The lowest BCUT2D eigenvalue weighted by Crippen LogP contribution is -2.40. The molecule has 0 aromatic carbocycles. The first-order valence-electron chi connectivity index (χ1n) is 6.14. The summed E-state index contributed by atoms with van der Waals surface area (Å²) in [5.41, 5.74) is 7.11. The predicted octanol–water partition coefficient (Wildman–Crippen LogP) is 0.441. The van der Waals surface area contributed by atoms with Gasteiger partial charge in [-0.15, -0.1) is 0 Å². The molecule has 7 heteroatoms. The molecule has 4 N–H and O–H groups in total. The minimum atomic E-state index is 0.251. The maximum atomic E-state index is 5.69. The highest BCUT2D eigenvalue weighted by Crippen LogP contribution is 2.20. The SMILES string of the molecule is CN1CCCC(Nc2nc(N)nc3nc[nH]c23)C1.